The van der Waals surface area contributed by atoms with Crippen LogP contribution in [0.5, 0.6) is 0 Å². The zero-order valence-electron chi connectivity index (χ0n) is 19.1. The minimum atomic E-state index is -1.31. The summed E-state index contributed by atoms with van der Waals surface area (Å²) in [5.74, 6) is -2.76. The smallest absolute Gasteiger partial charge is 0.352 e. The van der Waals surface area contributed by atoms with Gasteiger partial charge in [0, 0.05) is 30.5 Å². The third-order valence-electron chi connectivity index (χ3n) is 6.61. The molecular formula is C21H22ClN7O6S2. The first-order valence-electron chi connectivity index (χ1n) is 11.3. The summed E-state index contributed by atoms with van der Waals surface area (Å²) in [7, 11) is 0. The zero-order chi connectivity index (χ0) is 26.4. The standard InChI is InChI=1S/C21H22ClN7O6S2/c22-15-11(26-21(23)37-15)12(27-35)16(30)25-13-18(32)29-14(20(33)34)9(7-36-19(13)29)5-8-2-4-28(17(8)31)10-1-3-24-6-10/h5,10,13,19,24,35H,1-4,6-7H2,(H2,23,26)(H,25,30)(H,33,34)/b8-5+,27-12-/t10-,13+,19+/m0/s1. The summed E-state index contributed by atoms with van der Waals surface area (Å²) in [6.07, 6.45) is 2.96. The lowest BCUT2D eigenvalue weighted by molar-refractivity contribution is -0.150. The maximum atomic E-state index is 13.0. The average Bonchev–Trinajstić information content (AvgIpc) is 3.59. The van der Waals surface area contributed by atoms with Crippen molar-refractivity contribution in [3.8, 4) is 0 Å². The number of fused-ring (bicyclic) bond motifs is 1. The first-order valence-corrected chi connectivity index (χ1v) is 13.5. The maximum absolute atomic E-state index is 13.0. The molecule has 0 bridgehead atoms. The fourth-order valence-corrected chi connectivity index (χ4v) is 7.09. The van der Waals surface area contributed by atoms with E-state index in [0.29, 0.717) is 24.1 Å². The fraction of sp³-hybridized carbons (Fsp3) is 0.429. The minimum absolute atomic E-state index is 0.0343. The van der Waals surface area contributed by atoms with Crippen molar-refractivity contribution in [2.45, 2.75) is 30.3 Å². The number of amides is 3. The number of aliphatic carboxylic acids is 1. The van der Waals surface area contributed by atoms with Gasteiger partial charge in [0.25, 0.3) is 11.8 Å². The number of nitrogens with zero attached hydrogens (tertiary/aromatic N) is 4. The number of anilines is 1. The molecule has 3 saturated heterocycles. The van der Waals surface area contributed by atoms with Gasteiger partial charge < -0.3 is 31.6 Å². The number of likely N-dealkylation sites (tertiary alicyclic amines) is 1. The molecule has 0 aromatic carbocycles. The molecule has 1 aromatic heterocycles. The Morgan fingerprint density at radius 2 is 2.14 bits per heavy atom. The number of carbonyl (C=O) groups excluding carboxylic acids is 3. The molecule has 3 fully saturated rings. The van der Waals surface area contributed by atoms with Gasteiger partial charge in [-0.25, -0.2) is 9.78 Å². The quantitative estimate of drug-likeness (QED) is 0.101. The Kier molecular flexibility index (Phi) is 6.87. The molecule has 16 heteroatoms. The molecule has 1 aromatic rings. The number of oxime groups is 1. The monoisotopic (exact) mass is 567 g/mol. The van der Waals surface area contributed by atoms with Crippen molar-refractivity contribution < 1.29 is 29.5 Å². The Morgan fingerprint density at radius 1 is 1.35 bits per heavy atom. The number of nitrogens with one attached hydrogen (secondary N) is 2. The van der Waals surface area contributed by atoms with Gasteiger partial charge in [0.2, 0.25) is 5.91 Å². The maximum Gasteiger partial charge on any atom is 0.352 e. The van der Waals surface area contributed by atoms with Gasteiger partial charge in [0.1, 0.15) is 27.1 Å². The van der Waals surface area contributed by atoms with Crippen LogP contribution in [0.15, 0.2) is 28.1 Å². The van der Waals surface area contributed by atoms with Crippen molar-refractivity contribution >= 4 is 69.2 Å². The lowest BCUT2D eigenvalue weighted by Crippen LogP contribution is -2.71. The zero-order valence-corrected chi connectivity index (χ0v) is 21.5. The third-order valence-corrected chi connectivity index (χ3v) is 9.00. The molecule has 4 aliphatic rings. The van der Waals surface area contributed by atoms with Gasteiger partial charge in [-0.2, -0.15) is 0 Å². The van der Waals surface area contributed by atoms with Crippen molar-refractivity contribution in [2.24, 2.45) is 5.16 Å². The highest BCUT2D eigenvalue weighted by Crippen LogP contribution is 2.41. The Balaban J connectivity index is 1.34. The summed E-state index contributed by atoms with van der Waals surface area (Å²) in [5, 5.41) is 27.3. The van der Waals surface area contributed by atoms with Gasteiger partial charge in [-0.3, -0.25) is 19.3 Å². The molecular weight excluding hydrogens is 546 g/mol. The first kappa shape index (κ1) is 25.5. The van der Waals surface area contributed by atoms with Gasteiger partial charge in [-0.1, -0.05) is 28.1 Å². The van der Waals surface area contributed by atoms with E-state index in [2.05, 4.69) is 20.8 Å². The van der Waals surface area contributed by atoms with E-state index in [9.17, 15) is 29.5 Å². The molecule has 37 heavy (non-hydrogen) atoms. The molecule has 0 spiro atoms. The van der Waals surface area contributed by atoms with Crippen molar-refractivity contribution in [3.05, 3.63) is 32.9 Å². The van der Waals surface area contributed by atoms with Gasteiger partial charge in [-0.15, -0.1) is 11.8 Å². The number of β-lactam (4-membered cyclic amide) rings is 1. The number of rotatable bonds is 6. The number of hydrogen-bond acceptors (Lipinski definition) is 11. The van der Waals surface area contributed by atoms with Crippen LogP contribution in [0.3, 0.4) is 0 Å². The number of carboxylic acid groups (broad SMARTS) is 1. The van der Waals surface area contributed by atoms with E-state index in [-0.39, 0.29) is 38.6 Å². The van der Waals surface area contributed by atoms with Crippen molar-refractivity contribution in [1.82, 2.24) is 25.4 Å². The van der Waals surface area contributed by atoms with E-state index in [0.717, 1.165) is 35.7 Å². The number of halogens is 1. The van der Waals surface area contributed by atoms with Crippen LogP contribution in [0.2, 0.25) is 4.34 Å². The number of carbonyl (C=O) groups is 4. The third kappa shape index (κ3) is 4.45. The lowest BCUT2D eigenvalue weighted by Gasteiger charge is -2.49. The van der Waals surface area contributed by atoms with Gasteiger partial charge in [0.15, 0.2) is 10.8 Å². The van der Waals surface area contributed by atoms with E-state index in [1.807, 2.05) is 4.90 Å². The molecule has 0 unspecified atom stereocenters. The van der Waals surface area contributed by atoms with Crippen LogP contribution >= 0.6 is 34.7 Å². The van der Waals surface area contributed by atoms with Crippen LogP contribution < -0.4 is 16.4 Å². The van der Waals surface area contributed by atoms with E-state index in [4.69, 9.17) is 17.3 Å². The summed E-state index contributed by atoms with van der Waals surface area (Å²) < 4.78 is 0.0343. The predicted molar refractivity (Wildman–Crippen MR) is 135 cm³/mol. The summed E-state index contributed by atoms with van der Waals surface area (Å²) in [6, 6.07) is -0.938. The number of hydrogen-bond donors (Lipinski definition) is 5. The number of aromatic nitrogens is 1. The number of nitrogens with two attached hydrogens (primary N) is 1. The second-order valence-electron chi connectivity index (χ2n) is 8.73. The second-order valence-corrected chi connectivity index (χ2v) is 11.5. The fourth-order valence-electron chi connectivity index (χ4n) is 4.86. The van der Waals surface area contributed by atoms with E-state index < -0.39 is 34.9 Å². The SMILES string of the molecule is Nc1nc(/C(=N/O)C(=O)N[C@@H]2C(=O)N3C(C(=O)O)=C(/C=C4\CCN([C@H]5CCNC5)C4=O)CS[C@H]23)c(Cl)s1. The molecule has 3 atom stereocenters. The molecule has 0 saturated carbocycles. The Labute approximate surface area is 223 Å². The highest BCUT2D eigenvalue weighted by Gasteiger charge is 2.54. The molecule has 5 rings (SSSR count). The highest BCUT2D eigenvalue weighted by atomic mass is 35.5. The van der Waals surface area contributed by atoms with Crippen LogP contribution in [0.25, 0.3) is 0 Å². The summed E-state index contributed by atoms with van der Waals surface area (Å²) in [5.41, 5.74) is 5.59. The Morgan fingerprint density at radius 3 is 2.76 bits per heavy atom. The van der Waals surface area contributed by atoms with E-state index in [1.165, 1.54) is 11.8 Å². The largest absolute Gasteiger partial charge is 0.477 e. The van der Waals surface area contributed by atoms with Crippen molar-refractivity contribution in [3.63, 3.8) is 0 Å². The highest BCUT2D eigenvalue weighted by molar-refractivity contribution is 8.00. The molecule has 0 aliphatic carbocycles. The number of nitrogen functional groups attached to an aromatic ring is 1. The second kappa shape index (κ2) is 9.96. The molecule has 3 amide bonds. The van der Waals surface area contributed by atoms with Gasteiger partial charge in [-0.05, 0) is 31.0 Å². The van der Waals surface area contributed by atoms with Gasteiger partial charge >= 0.3 is 5.97 Å². The van der Waals surface area contributed by atoms with E-state index in [1.54, 1.807) is 6.08 Å². The van der Waals surface area contributed by atoms with E-state index >= 15 is 0 Å². The molecule has 6 N–H and O–H groups in total. The van der Waals surface area contributed by atoms with Crippen molar-refractivity contribution in [2.75, 3.05) is 31.1 Å². The lowest BCUT2D eigenvalue weighted by atomic mass is 10.0. The predicted octanol–water partition coefficient (Wildman–Crippen LogP) is -0.184. The summed E-state index contributed by atoms with van der Waals surface area (Å²) >= 11 is 8.14. The van der Waals surface area contributed by atoms with Crippen molar-refractivity contribution in [1.29, 1.82) is 0 Å². The number of carboxylic acids is 1. The Hall–Kier alpha value is -3.14. The molecule has 4 aliphatic heterocycles. The number of allylic oxidation sites excluding steroid dienone is 1. The topological polar surface area (TPSA) is 191 Å². The Bertz CT molecular complexity index is 1290. The first-order chi connectivity index (χ1) is 17.7. The van der Waals surface area contributed by atoms with Crippen LogP contribution in [-0.4, -0.2) is 97.3 Å². The van der Waals surface area contributed by atoms with Crippen LogP contribution in [0.1, 0.15) is 18.5 Å². The average molecular weight is 568 g/mol. The van der Waals surface area contributed by atoms with Crippen LogP contribution in [0, 0.1) is 0 Å². The molecule has 0 radical (unpaired) electrons. The van der Waals surface area contributed by atoms with Gasteiger partial charge in [0.05, 0.1) is 0 Å². The normalized spacial score (nSPS) is 27.1. The summed E-state index contributed by atoms with van der Waals surface area (Å²) in [4.78, 5) is 57.6. The molecule has 5 heterocycles. The van der Waals surface area contributed by atoms with Crippen LogP contribution in [-0.2, 0) is 19.2 Å². The number of thioether (sulfide) groups is 1. The number of thiazole rings is 1. The van der Waals surface area contributed by atoms with Crippen LogP contribution in [0.4, 0.5) is 5.13 Å². The summed E-state index contributed by atoms with van der Waals surface area (Å²) in [6.45, 7) is 2.16. The molecule has 196 valence electrons. The molecule has 13 nitrogen and oxygen atoms in total. The minimum Gasteiger partial charge on any atom is -0.477 e.